The molecule has 2 aromatic rings. The molecule has 0 heterocycles. The first-order chi connectivity index (χ1) is 7.65. The minimum atomic E-state index is 0.775. The first-order valence-corrected chi connectivity index (χ1v) is 5.90. The van der Waals surface area contributed by atoms with Gasteiger partial charge >= 0.3 is 0 Å². The lowest BCUT2D eigenvalue weighted by Crippen LogP contribution is -1.91. The standard InChI is InChI=1S/C14H12Cl2/c1-10-8-14(16)7-4-12(10)9-11-2-5-13(15)6-3-11/h2-8H,9H2,1H3. The Labute approximate surface area is 106 Å². The topological polar surface area (TPSA) is 0 Å². The van der Waals surface area contributed by atoms with E-state index in [0.29, 0.717) is 0 Å². The molecule has 0 aromatic heterocycles. The normalized spacial score (nSPS) is 10.4. The zero-order valence-corrected chi connectivity index (χ0v) is 10.5. The van der Waals surface area contributed by atoms with E-state index in [0.717, 1.165) is 16.5 Å². The van der Waals surface area contributed by atoms with E-state index in [2.05, 4.69) is 25.1 Å². The number of benzene rings is 2. The molecule has 0 aliphatic carbocycles. The molecule has 0 fully saturated rings. The predicted molar refractivity (Wildman–Crippen MR) is 70.4 cm³/mol. The van der Waals surface area contributed by atoms with Crippen molar-refractivity contribution >= 4 is 23.2 Å². The molecule has 0 aliphatic rings. The highest BCUT2D eigenvalue weighted by atomic mass is 35.5. The van der Waals surface area contributed by atoms with Crippen LogP contribution in [0.4, 0.5) is 0 Å². The maximum Gasteiger partial charge on any atom is 0.0408 e. The summed E-state index contributed by atoms with van der Waals surface area (Å²) in [4.78, 5) is 0. The molecule has 2 aromatic carbocycles. The van der Waals surface area contributed by atoms with Crippen molar-refractivity contribution in [1.29, 1.82) is 0 Å². The first-order valence-electron chi connectivity index (χ1n) is 5.14. The molecular weight excluding hydrogens is 239 g/mol. The highest BCUT2D eigenvalue weighted by Crippen LogP contribution is 2.19. The second-order valence-electron chi connectivity index (χ2n) is 3.87. The average Bonchev–Trinajstić information content (AvgIpc) is 2.25. The van der Waals surface area contributed by atoms with Crippen molar-refractivity contribution in [3.8, 4) is 0 Å². The third-order valence-corrected chi connectivity index (χ3v) is 3.10. The van der Waals surface area contributed by atoms with E-state index >= 15 is 0 Å². The molecule has 0 spiro atoms. The average molecular weight is 251 g/mol. The van der Waals surface area contributed by atoms with Crippen LogP contribution in [-0.2, 0) is 6.42 Å². The molecule has 0 saturated heterocycles. The fourth-order valence-electron chi connectivity index (χ4n) is 1.68. The van der Waals surface area contributed by atoms with Gasteiger partial charge in [-0.2, -0.15) is 0 Å². The number of rotatable bonds is 2. The Morgan fingerprint density at radius 1 is 0.875 bits per heavy atom. The highest BCUT2D eigenvalue weighted by molar-refractivity contribution is 6.30. The van der Waals surface area contributed by atoms with Crippen molar-refractivity contribution < 1.29 is 0 Å². The minimum Gasteiger partial charge on any atom is -0.0843 e. The van der Waals surface area contributed by atoms with Crippen LogP contribution in [0.25, 0.3) is 0 Å². The van der Waals surface area contributed by atoms with Gasteiger partial charge in [0, 0.05) is 10.0 Å². The largest absolute Gasteiger partial charge is 0.0843 e. The molecular formula is C14H12Cl2. The second kappa shape index (κ2) is 4.90. The van der Waals surface area contributed by atoms with E-state index in [1.165, 1.54) is 16.7 Å². The molecule has 0 N–H and O–H groups in total. The summed E-state index contributed by atoms with van der Waals surface area (Å²) < 4.78 is 0. The van der Waals surface area contributed by atoms with Gasteiger partial charge in [-0.05, 0) is 54.3 Å². The monoisotopic (exact) mass is 250 g/mol. The van der Waals surface area contributed by atoms with Crippen LogP contribution in [0.5, 0.6) is 0 Å². The molecule has 0 radical (unpaired) electrons. The lowest BCUT2D eigenvalue weighted by molar-refractivity contribution is 1.16. The molecule has 16 heavy (non-hydrogen) atoms. The Bertz CT molecular complexity index is 487. The van der Waals surface area contributed by atoms with E-state index in [9.17, 15) is 0 Å². The molecule has 82 valence electrons. The molecule has 0 atom stereocenters. The van der Waals surface area contributed by atoms with Gasteiger partial charge in [0.15, 0.2) is 0 Å². The Hall–Kier alpha value is -0.980. The van der Waals surface area contributed by atoms with Crippen LogP contribution < -0.4 is 0 Å². The summed E-state index contributed by atoms with van der Waals surface area (Å²) in [5.74, 6) is 0. The smallest absolute Gasteiger partial charge is 0.0408 e. The zero-order valence-electron chi connectivity index (χ0n) is 9.00. The van der Waals surface area contributed by atoms with E-state index in [4.69, 9.17) is 23.2 Å². The summed E-state index contributed by atoms with van der Waals surface area (Å²) in [5, 5.41) is 1.56. The number of hydrogen-bond donors (Lipinski definition) is 0. The van der Waals surface area contributed by atoms with Crippen molar-refractivity contribution in [2.75, 3.05) is 0 Å². The van der Waals surface area contributed by atoms with E-state index in [-0.39, 0.29) is 0 Å². The molecule has 0 unspecified atom stereocenters. The van der Waals surface area contributed by atoms with Crippen molar-refractivity contribution in [2.45, 2.75) is 13.3 Å². The summed E-state index contributed by atoms with van der Waals surface area (Å²) in [5.41, 5.74) is 3.78. The molecule has 0 nitrogen and oxygen atoms in total. The highest BCUT2D eigenvalue weighted by Gasteiger charge is 2.01. The Morgan fingerprint density at radius 2 is 1.50 bits per heavy atom. The van der Waals surface area contributed by atoms with E-state index in [1.807, 2.05) is 24.3 Å². The van der Waals surface area contributed by atoms with Crippen LogP contribution in [0.1, 0.15) is 16.7 Å². The molecule has 0 amide bonds. The SMILES string of the molecule is Cc1cc(Cl)ccc1Cc1ccc(Cl)cc1. The van der Waals surface area contributed by atoms with E-state index < -0.39 is 0 Å². The summed E-state index contributed by atoms with van der Waals surface area (Å²) in [6.07, 6.45) is 0.917. The second-order valence-corrected chi connectivity index (χ2v) is 4.75. The number of aryl methyl sites for hydroxylation is 1. The van der Waals surface area contributed by atoms with Crippen LogP contribution in [0.15, 0.2) is 42.5 Å². The molecule has 0 bridgehead atoms. The van der Waals surface area contributed by atoms with Gasteiger partial charge in [-0.25, -0.2) is 0 Å². The van der Waals surface area contributed by atoms with Crippen molar-refractivity contribution in [3.05, 3.63) is 69.2 Å². The maximum absolute atomic E-state index is 5.92. The first kappa shape index (κ1) is 11.5. The van der Waals surface area contributed by atoms with Gasteiger partial charge in [-0.15, -0.1) is 0 Å². The fraction of sp³-hybridized carbons (Fsp3) is 0.143. The Kier molecular flexibility index (Phi) is 3.52. The van der Waals surface area contributed by atoms with Crippen LogP contribution >= 0.6 is 23.2 Å². The van der Waals surface area contributed by atoms with Gasteiger partial charge < -0.3 is 0 Å². The third-order valence-electron chi connectivity index (χ3n) is 2.61. The van der Waals surface area contributed by atoms with Gasteiger partial charge in [0.1, 0.15) is 0 Å². The van der Waals surface area contributed by atoms with Gasteiger partial charge in [-0.1, -0.05) is 41.4 Å². The van der Waals surface area contributed by atoms with Crippen LogP contribution in [-0.4, -0.2) is 0 Å². The van der Waals surface area contributed by atoms with Gasteiger partial charge in [0.25, 0.3) is 0 Å². The molecule has 0 saturated carbocycles. The van der Waals surface area contributed by atoms with Gasteiger partial charge in [-0.3, -0.25) is 0 Å². The fourth-order valence-corrected chi connectivity index (χ4v) is 2.03. The quantitative estimate of drug-likeness (QED) is 0.712. The maximum atomic E-state index is 5.92. The van der Waals surface area contributed by atoms with Gasteiger partial charge in [0.05, 0.1) is 0 Å². The minimum absolute atomic E-state index is 0.775. The summed E-state index contributed by atoms with van der Waals surface area (Å²) >= 11 is 11.8. The lowest BCUT2D eigenvalue weighted by Gasteiger charge is -2.06. The van der Waals surface area contributed by atoms with Gasteiger partial charge in [0.2, 0.25) is 0 Å². The molecule has 2 rings (SSSR count). The van der Waals surface area contributed by atoms with Crippen LogP contribution in [0, 0.1) is 6.92 Å². The summed E-state index contributed by atoms with van der Waals surface area (Å²) in [6.45, 7) is 2.08. The summed E-state index contributed by atoms with van der Waals surface area (Å²) in [6, 6.07) is 13.9. The van der Waals surface area contributed by atoms with E-state index in [1.54, 1.807) is 0 Å². The number of hydrogen-bond acceptors (Lipinski definition) is 0. The van der Waals surface area contributed by atoms with Crippen molar-refractivity contribution in [3.63, 3.8) is 0 Å². The molecule has 2 heteroatoms. The Balaban J connectivity index is 2.23. The predicted octanol–water partition coefficient (Wildman–Crippen LogP) is 4.89. The number of halogens is 2. The van der Waals surface area contributed by atoms with Crippen molar-refractivity contribution in [2.24, 2.45) is 0 Å². The third kappa shape index (κ3) is 2.78. The van der Waals surface area contributed by atoms with Crippen molar-refractivity contribution in [1.82, 2.24) is 0 Å². The zero-order chi connectivity index (χ0) is 11.5. The van der Waals surface area contributed by atoms with Crippen LogP contribution in [0.2, 0.25) is 10.0 Å². The lowest BCUT2D eigenvalue weighted by atomic mass is 10.0. The van der Waals surface area contributed by atoms with Crippen LogP contribution in [0.3, 0.4) is 0 Å². The molecule has 0 aliphatic heterocycles. The summed E-state index contributed by atoms with van der Waals surface area (Å²) in [7, 11) is 0. The Morgan fingerprint density at radius 3 is 2.12 bits per heavy atom.